The average Bonchev–Trinajstić information content (AvgIpc) is 2.34. The fraction of sp³-hybridized carbons (Fsp3) is 0.455. The van der Waals surface area contributed by atoms with Gasteiger partial charge in [0.2, 0.25) is 10.0 Å². The molecule has 4 nitrogen and oxygen atoms in total. The summed E-state index contributed by atoms with van der Waals surface area (Å²) < 4.78 is 61.7. The van der Waals surface area contributed by atoms with E-state index >= 15 is 0 Å². The van der Waals surface area contributed by atoms with Crippen molar-refractivity contribution in [3.8, 4) is 0 Å². The molecule has 1 rings (SSSR count). The second-order valence-corrected chi connectivity index (χ2v) is 5.72. The van der Waals surface area contributed by atoms with Crippen LogP contribution in [-0.2, 0) is 16.6 Å². The van der Waals surface area contributed by atoms with E-state index in [4.69, 9.17) is 5.11 Å². The Labute approximate surface area is 109 Å². The molecule has 0 heterocycles. The van der Waals surface area contributed by atoms with Crippen LogP contribution in [0.4, 0.5) is 13.2 Å². The summed E-state index contributed by atoms with van der Waals surface area (Å²) in [6.07, 6.45) is -4.61. The fourth-order valence-electron chi connectivity index (χ4n) is 1.59. The summed E-state index contributed by atoms with van der Waals surface area (Å²) in [5, 5.41) is 9.06. The average molecular weight is 297 g/mol. The molecule has 0 saturated carbocycles. The maximum Gasteiger partial charge on any atom is 0.402 e. The maximum atomic E-state index is 12.4. The second kappa shape index (κ2) is 5.89. The van der Waals surface area contributed by atoms with Crippen molar-refractivity contribution >= 4 is 10.0 Å². The molecule has 0 saturated heterocycles. The lowest BCUT2D eigenvalue weighted by atomic mass is 10.2. The molecule has 1 N–H and O–H groups in total. The Morgan fingerprint density at radius 2 is 1.84 bits per heavy atom. The summed E-state index contributed by atoms with van der Waals surface area (Å²) in [6, 6.07) is 5.44. The largest absolute Gasteiger partial charge is 0.402 e. The van der Waals surface area contributed by atoms with Crippen LogP contribution in [-0.4, -0.2) is 37.1 Å². The minimum atomic E-state index is -4.61. The Hall–Kier alpha value is -1.12. The van der Waals surface area contributed by atoms with Crippen molar-refractivity contribution in [2.24, 2.45) is 0 Å². The third-order valence-corrected chi connectivity index (χ3v) is 4.49. The lowest BCUT2D eigenvalue weighted by Gasteiger charge is -2.22. The van der Waals surface area contributed by atoms with Gasteiger partial charge in [-0.3, -0.25) is 0 Å². The Kier molecular flexibility index (Phi) is 4.94. The SMILES string of the molecule is CCN(CC(F)(F)F)S(=O)(=O)c1ccccc1CO. The molecular weight excluding hydrogens is 283 g/mol. The molecule has 0 atom stereocenters. The van der Waals surface area contributed by atoms with Gasteiger partial charge in [-0.05, 0) is 11.6 Å². The highest BCUT2D eigenvalue weighted by Crippen LogP contribution is 2.24. The van der Waals surface area contributed by atoms with Crippen LogP contribution in [0.3, 0.4) is 0 Å². The number of rotatable bonds is 5. The number of aliphatic hydroxyl groups excluding tert-OH is 1. The zero-order valence-corrected chi connectivity index (χ0v) is 11.0. The van der Waals surface area contributed by atoms with E-state index in [1.54, 1.807) is 0 Å². The molecule has 0 aliphatic carbocycles. The predicted octanol–water partition coefficient (Wildman–Crippen LogP) is 1.75. The molecular formula is C11H14F3NO3S. The molecule has 0 amide bonds. The molecule has 0 radical (unpaired) electrons. The first-order valence-corrected chi connectivity index (χ1v) is 6.92. The van der Waals surface area contributed by atoms with Gasteiger partial charge in [-0.1, -0.05) is 25.1 Å². The number of halogens is 3. The van der Waals surface area contributed by atoms with Crippen LogP contribution < -0.4 is 0 Å². The molecule has 0 unspecified atom stereocenters. The minimum Gasteiger partial charge on any atom is -0.392 e. The summed E-state index contributed by atoms with van der Waals surface area (Å²) >= 11 is 0. The molecule has 0 bridgehead atoms. The molecule has 8 heteroatoms. The topological polar surface area (TPSA) is 57.6 Å². The highest BCUT2D eigenvalue weighted by Gasteiger charge is 2.36. The summed E-state index contributed by atoms with van der Waals surface area (Å²) in [5.74, 6) is 0. The van der Waals surface area contributed by atoms with Crippen LogP contribution in [0, 0.1) is 0 Å². The fourth-order valence-corrected chi connectivity index (χ4v) is 3.24. The Morgan fingerprint density at radius 3 is 2.32 bits per heavy atom. The zero-order valence-electron chi connectivity index (χ0n) is 10.2. The number of hydrogen-bond donors (Lipinski definition) is 1. The Morgan fingerprint density at radius 1 is 1.26 bits per heavy atom. The smallest absolute Gasteiger partial charge is 0.392 e. The van der Waals surface area contributed by atoms with E-state index < -0.39 is 29.4 Å². The van der Waals surface area contributed by atoms with Gasteiger partial charge >= 0.3 is 6.18 Å². The van der Waals surface area contributed by atoms with Crippen LogP contribution in [0.2, 0.25) is 0 Å². The van der Waals surface area contributed by atoms with Crippen molar-refractivity contribution in [3.63, 3.8) is 0 Å². The van der Waals surface area contributed by atoms with Gasteiger partial charge < -0.3 is 5.11 Å². The molecule has 0 fully saturated rings. The molecule has 0 spiro atoms. The van der Waals surface area contributed by atoms with E-state index in [0.717, 1.165) is 0 Å². The molecule has 0 aromatic heterocycles. The van der Waals surface area contributed by atoms with Crippen LogP contribution in [0.25, 0.3) is 0 Å². The monoisotopic (exact) mass is 297 g/mol. The highest BCUT2D eigenvalue weighted by molar-refractivity contribution is 7.89. The van der Waals surface area contributed by atoms with Crippen LogP contribution in [0.15, 0.2) is 29.2 Å². The van der Waals surface area contributed by atoms with E-state index in [9.17, 15) is 21.6 Å². The lowest BCUT2D eigenvalue weighted by Crippen LogP contribution is -2.39. The summed E-state index contributed by atoms with van der Waals surface area (Å²) in [4.78, 5) is -0.302. The van der Waals surface area contributed by atoms with Crippen molar-refractivity contribution in [2.75, 3.05) is 13.1 Å². The van der Waals surface area contributed by atoms with E-state index in [1.807, 2.05) is 0 Å². The van der Waals surface area contributed by atoms with E-state index in [2.05, 4.69) is 0 Å². The van der Waals surface area contributed by atoms with Gasteiger partial charge in [0.1, 0.15) is 6.54 Å². The Bertz CT molecular complexity index is 528. The number of nitrogens with zero attached hydrogens (tertiary/aromatic N) is 1. The van der Waals surface area contributed by atoms with Gasteiger partial charge in [-0.2, -0.15) is 17.5 Å². The first kappa shape index (κ1) is 15.9. The van der Waals surface area contributed by atoms with Gasteiger partial charge in [0, 0.05) is 6.54 Å². The standard InChI is InChI=1S/C11H14F3NO3S/c1-2-15(8-11(12,13)14)19(17,18)10-6-4-3-5-9(10)7-16/h3-6,16H,2,7-8H2,1H3. The molecule has 1 aromatic rings. The van der Waals surface area contributed by atoms with E-state index in [1.165, 1.54) is 31.2 Å². The molecule has 0 aliphatic rings. The third kappa shape index (κ3) is 3.92. The Balaban J connectivity index is 3.21. The molecule has 19 heavy (non-hydrogen) atoms. The summed E-state index contributed by atoms with van der Waals surface area (Å²) in [5.41, 5.74) is 0.0723. The first-order valence-electron chi connectivity index (χ1n) is 5.48. The van der Waals surface area contributed by atoms with Gasteiger partial charge in [-0.25, -0.2) is 8.42 Å². The van der Waals surface area contributed by atoms with Gasteiger partial charge in [0.15, 0.2) is 0 Å². The zero-order chi connectivity index (χ0) is 14.7. The number of aliphatic hydroxyl groups is 1. The molecule has 0 aliphatic heterocycles. The van der Waals surface area contributed by atoms with E-state index in [0.29, 0.717) is 4.31 Å². The summed E-state index contributed by atoms with van der Waals surface area (Å²) in [6.45, 7) is -1.09. The van der Waals surface area contributed by atoms with Crippen molar-refractivity contribution < 1.29 is 26.7 Å². The maximum absolute atomic E-state index is 12.4. The van der Waals surface area contributed by atoms with Crippen LogP contribution in [0.5, 0.6) is 0 Å². The van der Waals surface area contributed by atoms with E-state index in [-0.39, 0.29) is 17.0 Å². The van der Waals surface area contributed by atoms with Gasteiger partial charge in [0.25, 0.3) is 0 Å². The first-order chi connectivity index (χ1) is 8.72. The predicted molar refractivity (Wildman–Crippen MR) is 62.9 cm³/mol. The van der Waals surface area contributed by atoms with Crippen LogP contribution >= 0.6 is 0 Å². The van der Waals surface area contributed by atoms with Crippen molar-refractivity contribution in [2.45, 2.75) is 24.6 Å². The van der Waals surface area contributed by atoms with Crippen molar-refractivity contribution in [1.82, 2.24) is 4.31 Å². The molecule has 108 valence electrons. The third-order valence-electron chi connectivity index (χ3n) is 2.47. The van der Waals surface area contributed by atoms with Gasteiger partial charge in [0.05, 0.1) is 11.5 Å². The number of alkyl halides is 3. The number of sulfonamides is 1. The quantitative estimate of drug-likeness (QED) is 0.901. The number of benzene rings is 1. The van der Waals surface area contributed by atoms with Crippen molar-refractivity contribution in [1.29, 1.82) is 0 Å². The summed E-state index contributed by atoms with van der Waals surface area (Å²) in [7, 11) is -4.27. The molecule has 1 aromatic carbocycles. The normalized spacial score (nSPS) is 12.9. The van der Waals surface area contributed by atoms with Gasteiger partial charge in [-0.15, -0.1) is 0 Å². The second-order valence-electron chi connectivity index (χ2n) is 3.81. The van der Waals surface area contributed by atoms with Crippen molar-refractivity contribution in [3.05, 3.63) is 29.8 Å². The lowest BCUT2D eigenvalue weighted by molar-refractivity contribution is -0.135. The highest BCUT2D eigenvalue weighted by atomic mass is 32.2. The number of hydrogen-bond acceptors (Lipinski definition) is 3. The minimum absolute atomic E-state index is 0.0723. The van der Waals surface area contributed by atoms with Crippen LogP contribution in [0.1, 0.15) is 12.5 Å².